The van der Waals surface area contributed by atoms with Crippen LogP contribution in [0.25, 0.3) is 0 Å². The van der Waals surface area contributed by atoms with Crippen LogP contribution in [0, 0.1) is 5.82 Å². The number of aryl methyl sites for hydroxylation is 1. The largest absolute Gasteiger partial charge is 0.399 e. The van der Waals surface area contributed by atoms with Crippen molar-refractivity contribution >= 4 is 28.9 Å². The first-order chi connectivity index (χ1) is 9.54. The molecule has 20 heavy (non-hydrogen) atoms. The first kappa shape index (κ1) is 14.3. The van der Waals surface area contributed by atoms with Gasteiger partial charge in [0.25, 0.3) is 0 Å². The molecule has 0 unspecified atom stereocenters. The highest BCUT2D eigenvalue weighted by atomic mass is 35.5. The molecule has 0 heterocycles. The van der Waals surface area contributed by atoms with Crippen LogP contribution in [0.3, 0.4) is 0 Å². The van der Waals surface area contributed by atoms with Crippen molar-refractivity contribution in [1.29, 1.82) is 0 Å². The Hall–Kier alpha value is -2.07. The van der Waals surface area contributed by atoms with Crippen LogP contribution in [0.15, 0.2) is 42.5 Å². The lowest BCUT2D eigenvalue weighted by Gasteiger charge is -2.07. The van der Waals surface area contributed by atoms with Gasteiger partial charge in [-0.05, 0) is 42.3 Å². The van der Waals surface area contributed by atoms with E-state index in [2.05, 4.69) is 5.32 Å². The summed E-state index contributed by atoms with van der Waals surface area (Å²) >= 11 is 5.76. The molecule has 0 saturated heterocycles. The number of amides is 1. The molecule has 0 aliphatic carbocycles. The smallest absolute Gasteiger partial charge is 0.224 e. The lowest BCUT2D eigenvalue weighted by atomic mass is 10.1. The molecule has 0 bridgehead atoms. The fraction of sp³-hybridized carbons (Fsp3) is 0.133. The van der Waals surface area contributed by atoms with E-state index >= 15 is 0 Å². The number of hydrogen-bond donors (Lipinski definition) is 2. The number of halogens is 2. The molecule has 0 aliphatic rings. The molecule has 0 atom stereocenters. The van der Waals surface area contributed by atoms with E-state index in [0.717, 1.165) is 5.56 Å². The van der Waals surface area contributed by atoms with Crippen LogP contribution < -0.4 is 11.1 Å². The molecule has 2 aromatic carbocycles. The van der Waals surface area contributed by atoms with Gasteiger partial charge in [-0.3, -0.25) is 4.79 Å². The monoisotopic (exact) mass is 292 g/mol. The molecule has 5 heteroatoms. The van der Waals surface area contributed by atoms with Crippen LogP contribution in [-0.2, 0) is 11.2 Å². The Morgan fingerprint density at radius 2 is 1.90 bits per heavy atom. The minimum absolute atomic E-state index is 0.0970. The van der Waals surface area contributed by atoms with Crippen molar-refractivity contribution in [2.75, 3.05) is 11.1 Å². The fourth-order valence-corrected chi connectivity index (χ4v) is 1.92. The Morgan fingerprint density at radius 1 is 1.20 bits per heavy atom. The van der Waals surface area contributed by atoms with Crippen molar-refractivity contribution < 1.29 is 9.18 Å². The van der Waals surface area contributed by atoms with E-state index in [1.54, 1.807) is 12.1 Å². The maximum Gasteiger partial charge on any atom is 0.224 e. The van der Waals surface area contributed by atoms with Gasteiger partial charge in [0.2, 0.25) is 5.91 Å². The normalized spacial score (nSPS) is 10.3. The molecule has 0 aliphatic heterocycles. The summed E-state index contributed by atoms with van der Waals surface area (Å²) in [5.74, 6) is -0.766. The quantitative estimate of drug-likeness (QED) is 0.846. The molecule has 3 N–H and O–H groups in total. The topological polar surface area (TPSA) is 55.1 Å². The van der Waals surface area contributed by atoms with Gasteiger partial charge in [0.15, 0.2) is 0 Å². The average Bonchev–Trinajstić information content (AvgIpc) is 2.42. The van der Waals surface area contributed by atoms with Gasteiger partial charge >= 0.3 is 0 Å². The molecule has 104 valence electrons. The van der Waals surface area contributed by atoms with Crippen molar-refractivity contribution in [3.63, 3.8) is 0 Å². The summed E-state index contributed by atoms with van der Waals surface area (Å²) in [5, 5.41) is 2.88. The molecule has 3 nitrogen and oxygen atoms in total. The van der Waals surface area contributed by atoms with Gasteiger partial charge in [0.05, 0.1) is 5.69 Å². The SMILES string of the molecule is Nc1ccc(CCC(=O)Nc2cc(Cl)ccc2F)cc1. The molecule has 1 amide bonds. The zero-order valence-corrected chi connectivity index (χ0v) is 11.5. The molecule has 0 spiro atoms. The number of hydrogen-bond acceptors (Lipinski definition) is 2. The number of carbonyl (C=O) groups excluding carboxylic acids is 1. The zero-order valence-electron chi connectivity index (χ0n) is 10.7. The summed E-state index contributed by atoms with van der Waals surface area (Å²) in [6.07, 6.45) is 0.824. The Kier molecular flexibility index (Phi) is 4.58. The van der Waals surface area contributed by atoms with Crippen molar-refractivity contribution in [1.82, 2.24) is 0 Å². The second kappa shape index (κ2) is 6.39. The Bertz CT molecular complexity index is 614. The summed E-state index contributed by atoms with van der Waals surface area (Å²) in [6, 6.07) is 11.3. The standard InChI is InChI=1S/C15H14ClFN2O/c16-11-4-7-13(17)14(9-11)19-15(20)8-3-10-1-5-12(18)6-2-10/h1-2,4-7,9H,3,8,18H2,(H,19,20). The van der Waals surface area contributed by atoms with Crippen molar-refractivity contribution in [3.8, 4) is 0 Å². The first-order valence-corrected chi connectivity index (χ1v) is 6.52. The lowest BCUT2D eigenvalue weighted by molar-refractivity contribution is -0.116. The molecular formula is C15H14ClFN2O. The van der Waals surface area contributed by atoms with E-state index in [0.29, 0.717) is 17.1 Å². The zero-order chi connectivity index (χ0) is 14.5. The predicted molar refractivity (Wildman–Crippen MR) is 79.2 cm³/mol. The Morgan fingerprint density at radius 3 is 2.60 bits per heavy atom. The van der Waals surface area contributed by atoms with Gasteiger partial charge < -0.3 is 11.1 Å². The predicted octanol–water partition coefficient (Wildman–Crippen LogP) is 3.63. The van der Waals surface area contributed by atoms with Crippen LogP contribution in [-0.4, -0.2) is 5.91 Å². The van der Waals surface area contributed by atoms with E-state index in [1.165, 1.54) is 18.2 Å². The highest BCUT2D eigenvalue weighted by Gasteiger charge is 2.08. The molecule has 0 saturated carbocycles. The molecular weight excluding hydrogens is 279 g/mol. The maximum absolute atomic E-state index is 13.5. The van der Waals surface area contributed by atoms with Crippen LogP contribution in [0.1, 0.15) is 12.0 Å². The highest BCUT2D eigenvalue weighted by Crippen LogP contribution is 2.19. The number of benzene rings is 2. The average molecular weight is 293 g/mol. The van der Waals surface area contributed by atoms with E-state index in [9.17, 15) is 9.18 Å². The van der Waals surface area contributed by atoms with E-state index < -0.39 is 5.82 Å². The van der Waals surface area contributed by atoms with Crippen LogP contribution in [0.4, 0.5) is 15.8 Å². The first-order valence-electron chi connectivity index (χ1n) is 6.14. The molecule has 0 fully saturated rings. The summed E-state index contributed by atoms with van der Waals surface area (Å²) < 4.78 is 13.5. The van der Waals surface area contributed by atoms with Gasteiger partial charge in [-0.2, -0.15) is 0 Å². The van der Waals surface area contributed by atoms with Gasteiger partial charge in [0, 0.05) is 17.1 Å². The highest BCUT2D eigenvalue weighted by molar-refractivity contribution is 6.30. The summed E-state index contributed by atoms with van der Waals surface area (Å²) in [5.41, 5.74) is 7.36. The maximum atomic E-state index is 13.5. The number of nitrogens with one attached hydrogen (secondary N) is 1. The van der Waals surface area contributed by atoms with Crippen LogP contribution in [0.2, 0.25) is 5.02 Å². The number of nitrogens with two attached hydrogens (primary N) is 1. The van der Waals surface area contributed by atoms with E-state index in [1.807, 2.05) is 12.1 Å². The Labute approximate surface area is 121 Å². The van der Waals surface area contributed by atoms with Gasteiger partial charge in [0.1, 0.15) is 5.82 Å². The number of anilines is 2. The summed E-state index contributed by atoms with van der Waals surface area (Å²) in [7, 11) is 0. The van der Waals surface area contributed by atoms with Gasteiger partial charge in [-0.15, -0.1) is 0 Å². The van der Waals surface area contributed by atoms with Crippen molar-refractivity contribution in [3.05, 3.63) is 58.9 Å². The lowest BCUT2D eigenvalue weighted by Crippen LogP contribution is -2.13. The number of carbonyl (C=O) groups is 1. The minimum atomic E-state index is -0.504. The minimum Gasteiger partial charge on any atom is -0.399 e. The van der Waals surface area contributed by atoms with Gasteiger partial charge in [-0.25, -0.2) is 4.39 Å². The number of nitrogen functional groups attached to an aromatic ring is 1. The Balaban J connectivity index is 1.92. The molecule has 2 rings (SSSR count). The molecule has 0 radical (unpaired) electrons. The van der Waals surface area contributed by atoms with E-state index in [-0.39, 0.29) is 18.0 Å². The summed E-state index contributed by atoms with van der Waals surface area (Å²) in [4.78, 5) is 11.8. The number of rotatable bonds is 4. The van der Waals surface area contributed by atoms with Gasteiger partial charge in [-0.1, -0.05) is 23.7 Å². The third kappa shape index (κ3) is 3.96. The second-order valence-corrected chi connectivity index (χ2v) is 4.85. The van der Waals surface area contributed by atoms with Crippen LogP contribution in [0.5, 0.6) is 0 Å². The molecule has 0 aromatic heterocycles. The van der Waals surface area contributed by atoms with Crippen molar-refractivity contribution in [2.45, 2.75) is 12.8 Å². The fourth-order valence-electron chi connectivity index (χ4n) is 1.75. The molecule has 2 aromatic rings. The van der Waals surface area contributed by atoms with E-state index in [4.69, 9.17) is 17.3 Å². The third-order valence-electron chi connectivity index (χ3n) is 2.82. The van der Waals surface area contributed by atoms with Crippen molar-refractivity contribution in [2.24, 2.45) is 0 Å². The summed E-state index contributed by atoms with van der Waals surface area (Å²) in [6.45, 7) is 0. The second-order valence-electron chi connectivity index (χ2n) is 4.41. The van der Waals surface area contributed by atoms with Crippen LogP contribution >= 0.6 is 11.6 Å². The third-order valence-corrected chi connectivity index (χ3v) is 3.06.